The molecule has 0 amide bonds. The van der Waals surface area contributed by atoms with Gasteiger partial charge in [0.1, 0.15) is 0 Å². The second kappa shape index (κ2) is 13.0. The highest BCUT2D eigenvalue weighted by atomic mass is 28.4. The Balaban J connectivity index is 6.71. The van der Waals surface area contributed by atoms with Crippen LogP contribution in [0.1, 0.15) is 41.5 Å². The van der Waals surface area contributed by atoms with Gasteiger partial charge in [-0.1, -0.05) is 20.8 Å². The molecule has 0 aliphatic carbocycles. The molecule has 3 atom stereocenters. The van der Waals surface area contributed by atoms with Gasteiger partial charge in [-0.25, -0.2) is 9.59 Å². The van der Waals surface area contributed by atoms with Crippen LogP contribution in [0.3, 0.4) is 0 Å². The molecule has 8 nitrogen and oxygen atoms in total. The summed E-state index contributed by atoms with van der Waals surface area (Å²) in [6, 6.07) is 2.54. The Morgan fingerprint density at radius 3 is 1.58 bits per heavy atom. The van der Waals surface area contributed by atoms with Crippen LogP contribution < -0.4 is 0 Å². The number of aliphatic hydroxyl groups is 2. The summed E-state index contributed by atoms with van der Waals surface area (Å²) in [5, 5.41) is 21.2. The lowest BCUT2D eigenvalue weighted by Crippen LogP contribution is -2.65. The maximum Gasteiger partial charge on any atom is 0.349 e. The summed E-state index contributed by atoms with van der Waals surface area (Å²) in [7, 11) is -4.70. The van der Waals surface area contributed by atoms with Crippen LogP contribution in [0.5, 0.6) is 0 Å². The standard InChI is InChI=1S/C21H44O8Si2/c1-10-26-19(24)21(20(25)27-11-2,29-30(7,8)9)17(18(23)16(6)22)15-28-31(12-3,13-4)14-5/h16-18,22-23H,10-15H2,1-9H3. The Hall–Kier alpha value is -0.786. The zero-order chi connectivity index (χ0) is 24.5. The first-order valence-electron chi connectivity index (χ1n) is 11.3. The average Bonchev–Trinajstić information content (AvgIpc) is 2.69. The lowest BCUT2D eigenvalue weighted by atomic mass is 9.81. The maximum atomic E-state index is 13.3. The molecule has 0 radical (unpaired) electrons. The first-order chi connectivity index (χ1) is 14.3. The van der Waals surface area contributed by atoms with E-state index in [4.69, 9.17) is 18.3 Å². The van der Waals surface area contributed by atoms with Crippen LogP contribution in [0.25, 0.3) is 0 Å². The van der Waals surface area contributed by atoms with Crippen molar-refractivity contribution in [1.29, 1.82) is 0 Å². The quantitative estimate of drug-likeness (QED) is 0.209. The molecule has 0 rings (SSSR count). The molecule has 0 saturated carbocycles. The van der Waals surface area contributed by atoms with E-state index >= 15 is 0 Å². The summed E-state index contributed by atoms with van der Waals surface area (Å²) in [6.45, 7) is 16.2. The average molecular weight is 481 g/mol. The van der Waals surface area contributed by atoms with Crippen molar-refractivity contribution in [1.82, 2.24) is 0 Å². The second-order valence-electron chi connectivity index (χ2n) is 8.78. The number of carbonyl (C=O) groups is 2. The van der Waals surface area contributed by atoms with Gasteiger partial charge in [0.15, 0.2) is 16.6 Å². The first-order valence-corrected chi connectivity index (χ1v) is 17.3. The van der Waals surface area contributed by atoms with Gasteiger partial charge < -0.3 is 28.5 Å². The van der Waals surface area contributed by atoms with E-state index < -0.39 is 52.3 Å². The van der Waals surface area contributed by atoms with Crippen molar-refractivity contribution in [2.24, 2.45) is 5.92 Å². The SMILES string of the molecule is CCOC(=O)C(O[Si](C)(C)C)(C(=O)OCC)C(CO[Si](CC)(CC)CC)C(O)C(C)O. The van der Waals surface area contributed by atoms with Crippen molar-refractivity contribution < 1.29 is 38.1 Å². The summed E-state index contributed by atoms with van der Waals surface area (Å²) in [4.78, 5) is 26.6. The van der Waals surface area contributed by atoms with E-state index in [1.54, 1.807) is 13.8 Å². The Morgan fingerprint density at radius 2 is 1.29 bits per heavy atom. The molecule has 2 N–H and O–H groups in total. The van der Waals surface area contributed by atoms with Gasteiger partial charge in [0.2, 0.25) is 0 Å². The Morgan fingerprint density at radius 1 is 0.871 bits per heavy atom. The van der Waals surface area contributed by atoms with Gasteiger partial charge in [0.05, 0.1) is 31.3 Å². The Kier molecular flexibility index (Phi) is 12.7. The molecule has 0 aromatic rings. The lowest BCUT2D eigenvalue weighted by Gasteiger charge is -2.43. The summed E-state index contributed by atoms with van der Waals surface area (Å²) in [6.07, 6.45) is -2.70. The van der Waals surface area contributed by atoms with E-state index in [-0.39, 0.29) is 19.8 Å². The van der Waals surface area contributed by atoms with E-state index in [0.717, 1.165) is 18.1 Å². The number of hydrogen-bond acceptors (Lipinski definition) is 8. The fourth-order valence-electron chi connectivity index (χ4n) is 3.62. The molecule has 0 aromatic carbocycles. The molecule has 10 heteroatoms. The van der Waals surface area contributed by atoms with Crippen LogP contribution >= 0.6 is 0 Å². The zero-order valence-corrected chi connectivity index (χ0v) is 22.8. The molecular weight excluding hydrogens is 436 g/mol. The minimum absolute atomic E-state index is 0.0188. The van der Waals surface area contributed by atoms with Crippen LogP contribution in [-0.2, 0) is 27.9 Å². The molecular formula is C21H44O8Si2. The van der Waals surface area contributed by atoms with E-state index in [9.17, 15) is 19.8 Å². The molecule has 0 bridgehead atoms. The summed E-state index contributed by atoms with van der Waals surface area (Å²) in [5.41, 5.74) is -2.23. The Labute approximate surface area is 189 Å². The van der Waals surface area contributed by atoms with Gasteiger partial charge in [-0.2, -0.15) is 0 Å². The zero-order valence-electron chi connectivity index (χ0n) is 20.8. The highest BCUT2D eigenvalue weighted by Crippen LogP contribution is 2.35. The topological polar surface area (TPSA) is 112 Å². The minimum atomic E-state index is -2.56. The first kappa shape index (κ1) is 30.2. The molecule has 0 aliphatic heterocycles. The summed E-state index contributed by atoms with van der Waals surface area (Å²) in [5.74, 6) is -3.06. The number of esters is 2. The van der Waals surface area contributed by atoms with E-state index in [1.807, 2.05) is 19.6 Å². The predicted octanol–water partition coefficient (Wildman–Crippen LogP) is 3.08. The maximum absolute atomic E-state index is 13.3. The second-order valence-corrected chi connectivity index (χ2v) is 18.0. The Bertz CT molecular complexity index is 532. The van der Waals surface area contributed by atoms with Gasteiger partial charge in [-0.3, -0.25) is 0 Å². The lowest BCUT2D eigenvalue weighted by molar-refractivity contribution is -0.197. The number of aliphatic hydroxyl groups excluding tert-OH is 2. The van der Waals surface area contributed by atoms with Gasteiger partial charge >= 0.3 is 11.9 Å². The van der Waals surface area contributed by atoms with Gasteiger partial charge in [0.25, 0.3) is 5.60 Å². The largest absolute Gasteiger partial charge is 0.463 e. The van der Waals surface area contributed by atoms with Crippen LogP contribution in [0.2, 0.25) is 37.8 Å². The predicted molar refractivity (Wildman–Crippen MR) is 125 cm³/mol. The van der Waals surface area contributed by atoms with E-state index in [0.29, 0.717) is 0 Å². The van der Waals surface area contributed by atoms with Crippen molar-refractivity contribution in [2.75, 3.05) is 19.8 Å². The number of carbonyl (C=O) groups excluding carboxylic acids is 2. The normalized spacial score (nSPS) is 15.8. The molecule has 184 valence electrons. The summed E-state index contributed by atoms with van der Waals surface area (Å²) < 4.78 is 23.1. The molecule has 31 heavy (non-hydrogen) atoms. The number of ether oxygens (including phenoxy) is 2. The third-order valence-corrected chi connectivity index (χ3v) is 11.1. The molecule has 0 spiro atoms. The van der Waals surface area contributed by atoms with E-state index in [1.165, 1.54) is 6.92 Å². The molecule has 3 unspecified atom stereocenters. The fourth-order valence-corrected chi connectivity index (χ4v) is 7.55. The fraction of sp³-hybridized carbons (Fsp3) is 0.905. The summed E-state index contributed by atoms with van der Waals surface area (Å²) >= 11 is 0. The molecule has 0 heterocycles. The molecule has 0 aromatic heterocycles. The van der Waals surface area contributed by atoms with Crippen molar-refractivity contribution in [2.45, 2.75) is 97.1 Å². The number of hydrogen-bond donors (Lipinski definition) is 2. The minimum Gasteiger partial charge on any atom is -0.463 e. The smallest absolute Gasteiger partial charge is 0.349 e. The molecule has 0 saturated heterocycles. The van der Waals surface area contributed by atoms with Gasteiger partial charge in [-0.05, 0) is 58.5 Å². The third kappa shape index (κ3) is 7.94. The van der Waals surface area contributed by atoms with Crippen LogP contribution in [0.4, 0.5) is 0 Å². The van der Waals surface area contributed by atoms with Gasteiger partial charge in [-0.15, -0.1) is 0 Å². The number of rotatable bonds is 15. The highest BCUT2D eigenvalue weighted by molar-refractivity contribution is 6.73. The third-order valence-electron chi connectivity index (χ3n) is 5.56. The van der Waals surface area contributed by atoms with Crippen LogP contribution in [0, 0.1) is 5.92 Å². The van der Waals surface area contributed by atoms with E-state index in [2.05, 4.69) is 20.8 Å². The van der Waals surface area contributed by atoms with Crippen molar-refractivity contribution >= 4 is 28.6 Å². The van der Waals surface area contributed by atoms with Crippen LogP contribution in [0.15, 0.2) is 0 Å². The van der Waals surface area contributed by atoms with Crippen molar-refractivity contribution in [3.8, 4) is 0 Å². The monoisotopic (exact) mass is 480 g/mol. The van der Waals surface area contributed by atoms with Crippen molar-refractivity contribution in [3.63, 3.8) is 0 Å². The molecule has 0 fully saturated rings. The van der Waals surface area contributed by atoms with Crippen LogP contribution in [-0.4, -0.2) is 76.4 Å². The molecule has 0 aliphatic rings. The van der Waals surface area contributed by atoms with Gasteiger partial charge in [0, 0.05) is 6.61 Å². The van der Waals surface area contributed by atoms with Crippen molar-refractivity contribution in [3.05, 3.63) is 0 Å². The highest BCUT2D eigenvalue weighted by Gasteiger charge is 2.61.